The van der Waals surface area contributed by atoms with Crippen molar-refractivity contribution >= 4 is 5.97 Å². The predicted molar refractivity (Wildman–Crippen MR) is 70.5 cm³/mol. The Labute approximate surface area is 112 Å². The summed E-state index contributed by atoms with van der Waals surface area (Å²) < 4.78 is 23.4. The predicted octanol–water partition coefficient (Wildman–Crippen LogP) is 2.18. The van der Waals surface area contributed by atoms with E-state index in [0.29, 0.717) is 12.2 Å². The molecule has 19 heavy (non-hydrogen) atoms. The largest absolute Gasteiger partial charge is 0.493 e. The van der Waals surface area contributed by atoms with Crippen molar-refractivity contribution in [2.75, 3.05) is 13.2 Å². The van der Waals surface area contributed by atoms with Crippen LogP contribution in [0.1, 0.15) is 25.8 Å². The molecule has 1 aromatic carbocycles. The molecule has 1 rings (SSSR count). The maximum absolute atomic E-state index is 13.1. The molecule has 1 atom stereocenters. The number of hydrogen-bond donors (Lipinski definition) is 1. The van der Waals surface area contributed by atoms with Gasteiger partial charge < -0.3 is 15.2 Å². The van der Waals surface area contributed by atoms with E-state index in [4.69, 9.17) is 15.2 Å². The van der Waals surface area contributed by atoms with E-state index in [1.807, 2.05) is 6.92 Å². The fourth-order valence-electron chi connectivity index (χ4n) is 1.50. The van der Waals surface area contributed by atoms with Crippen LogP contribution in [0.15, 0.2) is 18.2 Å². The molecule has 0 aliphatic carbocycles. The number of aryl methyl sites for hydroxylation is 1. The summed E-state index contributed by atoms with van der Waals surface area (Å²) in [6.07, 6.45) is 0.293. The molecule has 0 saturated heterocycles. The molecule has 0 aromatic heterocycles. The van der Waals surface area contributed by atoms with Crippen LogP contribution in [0.2, 0.25) is 0 Å². The summed E-state index contributed by atoms with van der Waals surface area (Å²) in [4.78, 5) is 11.6. The summed E-state index contributed by atoms with van der Waals surface area (Å²) in [6, 6.07) is 4.32. The second kappa shape index (κ2) is 6.52. The summed E-state index contributed by atoms with van der Waals surface area (Å²) in [6.45, 7) is 5.64. The molecule has 0 amide bonds. The summed E-state index contributed by atoms with van der Waals surface area (Å²) in [5.41, 5.74) is 5.58. The topological polar surface area (TPSA) is 61.5 Å². The number of carbonyl (C=O) groups excluding carboxylic acids is 1. The van der Waals surface area contributed by atoms with Gasteiger partial charge in [-0.25, -0.2) is 4.39 Å². The first kappa shape index (κ1) is 15.4. The van der Waals surface area contributed by atoms with Crippen molar-refractivity contribution in [2.24, 2.45) is 5.73 Å². The van der Waals surface area contributed by atoms with Crippen LogP contribution >= 0.6 is 0 Å². The van der Waals surface area contributed by atoms with Gasteiger partial charge >= 0.3 is 5.97 Å². The van der Waals surface area contributed by atoms with E-state index in [0.717, 1.165) is 5.56 Å². The average Bonchev–Trinajstić information content (AvgIpc) is 2.33. The van der Waals surface area contributed by atoms with Crippen molar-refractivity contribution < 1.29 is 18.7 Å². The molecule has 0 heterocycles. The van der Waals surface area contributed by atoms with Gasteiger partial charge in [0.1, 0.15) is 17.1 Å². The van der Waals surface area contributed by atoms with Gasteiger partial charge in [-0.05, 0) is 32.4 Å². The van der Waals surface area contributed by atoms with Gasteiger partial charge in [-0.1, -0.05) is 6.07 Å². The van der Waals surface area contributed by atoms with Crippen molar-refractivity contribution in [3.05, 3.63) is 29.6 Å². The van der Waals surface area contributed by atoms with Gasteiger partial charge in [-0.2, -0.15) is 0 Å². The van der Waals surface area contributed by atoms with Crippen LogP contribution in [0.25, 0.3) is 0 Å². The summed E-state index contributed by atoms with van der Waals surface area (Å²) in [5.74, 6) is -0.365. The summed E-state index contributed by atoms with van der Waals surface area (Å²) in [5, 5.41) is 0. The molecule has 0 spiro atoms. The van der Waals surface area contributed by atoms with Crippen molar-refractivity contribution in [3.63, 3.8) is 0 Å². The molecule has 0 saturated carbocycles. The molecule has 106 valence electrons. The molecular weight excluding hydrogens is 249 g/mol. The molecule has 1 unspecified atom stereocenters. The number of benzene rings is 1. The summed E-state index contributed by atoms with van der Waals surface area (Å²) >= 11 is 0. The van der Waals surface area contributed by atoms with E-state index in [1.165, 1.54) is 12.1 Å². The fourth-order valence-corrected chi connectivity index (χ4v) is 1.50. The number of hydrogen-bond acceptors (Lipinski definition) is 4. The lowest BCUT2D eigenvalue weighted by Gasteiger charge is -2.22. The number of esters is 1. The standard InChI is InChI=1S/C14H20FNO3/c1-4-18-13(17)14(3,16)7-8-19-12-9-11(15)6-5-10(12)2/h5-6,9H,4,7-8,16H2,1-3H3. The van der Waals surface area contributed by atoms with Crippen LogP contribution in [0, 0.1) is 12.7 Å². The highest BCUT2D eigenvalue weighted by Gasteiger charge is 2.29. The van der Waals surface area contributed by atoms with E-state index in [9.17, 15) is 9.18 Å². The third-order valence-corrected chi connectivity index (χ3v) is 2.77. The van der Waals surface area contributed by atoms with Crippen LogP contribution in [0.4, 0.5) is 4.39 Å². The second-order valence-corrected chi connectivity index (χ2v) is 4.65. The van der Waals surface area contributed by atoms with Gasteiger partial charge in [0, 0.05) is 12.5 Å². The van der Waals surface area contributed by atoms with Crippen LogP contribution < -0.4 is 10.5 Å². The first-order chi connectivity index (χ1) is 8.86. The SMILES string of the molecule is CCOC(=O)C(C)(N)CCOc1cc(F)ccc1C. The molecule has 1 aromatic rings. The lowest BCUT2D eigenvalue weighted by atomic mass is 10.0. The molecule has 0 bridgehead atoms. The zero-order valence-electron chi connectivity index (χ0n) is 11.5. The number of nitrogens with two attached hydrogens (primary N) is 1. The lowest BCUT2D eigenvalue weighted by molar-refractivity contribution is -0.149. The number of rotatable bonds is 6. The summed E-state index contributed by atoms with van der Waals surface area (Å²) in [7, 11) is 0. The first-order valence-corrected chi connectivity index (χ1v) is 6.22. The Bertz CT molecular complexity index is 446. The second-order valence-electron chi connectivity index (χ2n) is 4.65. The van der Waals surface area contributed by atoms with Gasteiger partial charge in [0.2, 0.25) is 0 Å². The Morgan fingerprint density at radius 2 is 2.16 bits per heavy atom. The Morgan fingerprint density at radius 3 is 2.79 bits per heavy atom. The van der Waals surface area contributed by atoms with Crippen LogP contribution in [-0.2, 0) is 9.53 Å². The highest BCUT2D eigenvalue weighted by Crippen LogP contribution is 2.19. The monoisotopic (exact) mass is 269 g/mol. The molecule has 5 heteroatoms. The zero-order valence-corrected chi connectivity index (χ0v) is 11.5. The minimum absolute atomic E-state index is 0.218. The average molecular weight is 269 g/mol. The van der Waals surface area contributed by atoms with Crippen LogP contribution in [-0.4, -0.2) is 24.7 Å². The number of halogens is 1. The normalized spacial score (nSPS) is 13.7. The Morgan fingerprint density at radius 1 is 1.47 bits per heavy atom. The van der Waals surface area contributed by atoms with E-state index in [-0.39, 0.29) is 19.0 Å². The Hall–Kier alpha value is -1.62. The third-order valence-electron chi connectivity index (χ3n) is 2.77. The van der Waals surface area contributed by atoms with Gasteiger partial charge in [-0.3, -0.25) is 4.79 Å². The first-order valence-electron chi connectivity index (χ1n) is 6.22. The van der Waals surface area contributed by atoms with E-state index >= 15 is 0 Å². The highest BCUT2D eigenvalue weighted by atomic mass is 19.1. The highest BCUT2D eigenvalue weighted by molar-refractivity contribution is 5.79. The van der Waals surface area contributed by atoms with Crippen LogP contribution in [0.3, 0.4) is 0 Å². The quantitative estimate of drug-likeness (QED) is 0.804. The fraction of sp³-hybridized carbons (Fsp3) is 0.500. The number of ether oxygens (including phenoxy) is 2. The molecule has 0 aliphatic heterocycles. The molecule has 0 radical (unpaired) electrons. The van der Waals surface area contributed by atoms with Crippen molar-refractivity contribution in [2.45, 2.75) is 32.7 Å². The van der Waals surface area contributed by atoms with E-state index < -0.39 is 11.5 Å². The number of carbonyl (C=O) groups is 1. The molecule has 2 N–H and O–H groups in total. The van der Waals surface area contributed by atoms with E-state index in [1.54, 1.807) is 19.9 Å². The van der Waals surface area contributed by atoms with Gasteiger partial charge in [-0.15, -0.1) is 0 Å². The smallest absolute Gasteiger partial charge is 0.325 e. The Balaban J connectivity index is 2.54. The maximum atomic E-state index is 13.1. The zero-order chi connectivity index (χ0) is 14.5. The lowest BCUT2D eigenvalue weighted by Crippen LogP contribution is -2.47. The third kappa shape index (κ3) is 4.52. The molecule has 0 fully saturated rings. The van der Waals surface area contributed by atoms with Gasteiger partial charge in [0.15, 0.2) is 0 Å². The van der Waals surface area contributed by atoms with E-state index in [2.05, 4.69) is 0 Å². The van der Waals surface area contributed by atoms with Gasteiger partial charge in [0.05, 0.1) is 13.2 Å². The maximum Gasteiger partial charge on any atom is 0.325 e. The molecular formula is C14H20FNO3. The van der Waals surface area contributed by atoms with Crippen LogP contribution in [0.5, 0.6) is 5.75 Å². The minimum atomic E-state index is -1.10. The molecule has 4 nitrogen and oxygen atoms in total. The van der Waals surface area contributed by atoms with Gasteiger partial charge in [0.25, 0.3) is 0 Å². The van der Waals surface area contributed by atoms with Crippen molar-refractivity contribution in [3.8, 4) is 5.75 Å². The van der Waals surface area contributed by atoms with Crippen molar-refractivity contribution in [1.29, 1.82) is 0 Å². The molecule has 0 aliphatic rings. The van der Waals surface area contributed by atoms with Crippen molar-refractivity contribution in [1.82, 2.24) is 0 Å². The minimum Gasteiger partial charge on any atom is -0.493 e. The Kier molecular flexibility index (Phi) is 5.30.